The van der Waals surface area contributed by atoms with E-state index in [9.17, 15) is 0 Å². The Morgan fingerprint density at radius 1 is 1.40 bits per heavy atom. The van der Waals surface area contributed by atoms with Gasteiger partial charge in [0.25, 0.3) is 0 Å². The van der Waals surface area contributed by atoms with E-state index in [0.29, 0.717) is 12.5 Å². The van der Waals surface area contributed by atoms with Gasteiger partial charge in [-0.2, -0.15) is 0 Å². The van der Waals surface area contributed by atoms with E-state index in [1.165, 1.54) is 6.42 Å². The van der Waals surface area contributed by atoms with Crippen LogP contribution in [0.25, 0.3) is 0 Å². The predicted octanol–water partition coefficient (Wildman–Crippen LogP) is 0.864. The molecule has 1 aliphatic heterocycles. The summed E-state index contributed by atoms with van der Waals surface area (Å²) < 4.78 is 10.8. The van der Waals surface area contributed by atoms with E-state index in [1.54, 1.807) is 0 Å². The first-order chi connectivity index (χ1) is 7.38. The minimum Gasteiger partial charge on any atom is -0.463 e. The van der Waals surface area contributed by atoms with E-state index in [1.807, 2.05) is 12.1 Å². The van der Waals surface area contributed by atoms with Crippen molar-refractivity contribution in [1.29, 1.82) is 0 Å². The van der Waals surface area contributed by atoms with Crippen LogP contribution < -0.4 is 11.1 Å². The molecule has 3 N–H and O–H groups in total. The van der Waals surface area contributed by atoms with Crippen molar-refractivity contribution in [2.24, 2.45) is 11.7 Å². The highest BCUT2D eigenvalue weighted by molar-refractivity contribution is 5.06. The average Bonchev–Trinajstić information content (AvgIpc) is 2.88. The van der Waals surface area contributed by atoms with Crippen molar-refractivity contribution in [3.63, 3.8) is 0 Å². The zero-order chi connectivity index (χ0) is 10.5. The van der Waals surface area contributed by atoms with Gasteiger partial charge in [0.1, 0.15) is 11.5 Å². The topological polar surface area (TPSA) is 60.4 Å². The fraction of sp³-hybridized carbons (Fsp3) is 0.636. The molecule has 0 aliphatic carbocycles. The minimum atomic E-state index is 0.469. The Morgan fingerprint density at radius 3 is 2.93 bits per heavy atom. The van der Waals surface area contributed by atoms with E-state index in [0.717, 1.165) is 37.8 Å². The quantitative estimate of drug-likeness (QED) is 0.757. The lowest BCUT2D eigenvalue weighted by molar-refractivity contribution is 0.185. The third kappa shape index (κ3) is 3.06. The van der Waals surface area contributed by atoms with Crippen LogP contribution in [0.15, 0.2) is 16.5 Å². The summed E-state index contributed by atoms with van der Waals surface area (Å²) in [6.45, 7) is 4.04. The lowest BCUT2D eigenvalue weighted by atomic mass is 10.1. The van der Waals surface area contributed by atoms with Gasteiger partial charge in [-0.1, -0.05) is 0 Å². The molecule has 1 aromatic heterocycles. The number of nitrogens with two attached hydrogens (primary N) is 1. The lowest BCUT2D eigenvalue weighted by Crippen LogP contribution is -2.22. The maximum Gasteiger partial charge on any atom is 0.118 e. The van der Waals surface area contributed by atoms with Crippen LogP contribution in [0.1, 0.15) is 17.9 Å². The highest BCUT2D eigenvalue weighted by atomic mass is 16.5. The molecule has 0 radical (unpaired) electrons. The van der Waals surface area contributed by atoms with Gasteiger partial charge in [0.05, 0.1) is 19.7 Å². The number of nitrogens with one attached hydrogen (secondary N) is 1. The van der Waals surface area contributed by atoms with Gasteiger partial charge >= 0.3 is 0 Å². The fourth-order valence-corrected chi connectivity index (χ4v) is 1.77. The first-order valence-corrected chi connectivity index (χ1v) is 5.44. The molecular weight excluding hydrogens is 192 g/mol. The summed E-state index contributed by atoms with van der Waals surface area (Å²) in [5.41, 5.74) is 5.46. The zero-order valence-corrected chi connectivity index (χ0v) is 8.87. The van der Waals surface area contributed by atoms with E-state index < -0.39 is 0 Å². The number of hydrogen-bond acceptors (Lipinski definition) is 4. The highest BCUT2D eigenvalue weighted by Gasteiger charge is 2.14. The van der Waals surface area contributed by atoms with Crippen molar-refractivity contribution in [3.05, 3.63) is 23.7 Å². The summed E-state index contributed by atoms with van der Waals surface area (Å²) in [6, 6.07) is 3.90. The molecule has 84 valence electrons. The summed E-state index contributed by atoms with van der Waals surface area (Å²) in [5.74, 6) is 2.46. The molecule has 1 atom stereocenters. The minimum absolute atomic E-state index is 0.469. The average molecular weight is 210 g/mol. The van der Waals surface area contributed by atoms with Crippen molar-refractivity contribution < 1.29 is 9.15 Å². The number of ether oxygens (including phenoxy) is 1. The van der Waals surface area contributed by atoms with Gasteiger partial charge in [0.15, 0.2) is 0 Å². The Balaban J connectivity index is 1.68. The summed E-state index contributed by atoms with van der Waals surface area (Å²) in [4.78, 5) is 0. The molecule has 4 nitrogen and oxygen atoms in total. The number of rotatable bonds is 5. The maximum atomic E-state index is 5.48. The SMILES string of the molecule is NCc1ccc(CNCC2CCOC2)o1. The van der Waals surface area contributed by atoms with Gasteiger partial charge in [0.2, 0.25) is 0 Å². The second-order valence-corrected chi connectivity index (χ2v) is 3.93. The predicted molar refractivity (Wildman–Crippen MR) is 57.2 cm³/mol. The van der Waals surface area contributed by atoms with Crippen LogP contribution in [-0.2, 0) is 17.8 Å². The van der Waals surface area contributed by atoms with Crippen molar-refractivity contribution >= 4 is 0 Å². The van der Waals surface area contributed by atoms with Gasteiger partial charge in [-0.05, 0) is 24.5 Å². The molecule has 1 saturated heterocycles. The lowest BCUT2D eigenvalue weighted by Gasteiger charge is -2.07. The molecule has 0 aromatic carbocycles. The third-order valence-electron chi connectivity index (χ3n) is 2.67. The van der Waals surface area contributed by atoms with Crippen LogP contribution in [0.4, 0.5) is 0 Å². The van der Waals surface area contributed by atoms with Crippen LogP contribution in [-0.4, -0.2) is 19.8 Å². The Labute approximate surface area is 89.8 Å². The van der Waals surface area contributed by atoms with Crippen LogP contribution in [0.3, 0.4) is 0 Å². The molecule has 1 aromatic rings. The van der Waals surface area contributed by atoms with Crippen molar-refractivity contribution in [3.8, 4) is 0 Å². The second kappa shape index (κ2) is 5.30. The highest BCUT2D eigenvalue weighted by Crippen LogP contribution is 2.11. The van der Waals surface area contributed by atoms with Crippen LogP contribution in [0.2, 0.25) is 0 Å². The first kappa shape index (κ1) is 10.7. The normalized spacial score (nSPS) is 21.0. The third-order valence-corrected chi connectivity index (χ3v) is 2.67. The van der Waals surface area contributed by atoms with Crippen molar-refractivity contribution in [2.75, 3.05) is 19.8 Å². The van der Waals surface area contributed by atoms with E-state index >= 15 is 0 Å². The molecule has 2 rings (SSSR count). The molecule has 0 saturated carbocycles. The van der Waals surface area contributed by atoms with Crippen LogP contribution in [0.5, 0.6) is 0 Å². The van der Waals surface area contributed by atoms with Crippen molar-refractivity contribution in [2.45, 2.75) is 19.5 Å². The standard InChI is InChI=1S/C11H18N2O2/c12-5-10-1-2-11(15-10)7-13-6-9-3-4-14-8-9/h1-2,9,13H,3-8,12H2. The molecule has 1 unspecified atom stereocenters. The van der Waals surface area contributed by atoms with Gasteiger partial charge in [0, 0.05) is 13.2 Å². The summed E-state index contributed by atoms with van der Waals surface area (Å²) >= 11 is 0. The molecule has 1 fully saturated rings. The summed E-state index contributed by atoms with van der Waals surface area (Å²) in [5, 5.41) is 3.37. The molecule has 2 heterocycles. The Hall–Kier alpha value is -0.840. The number of hydrogen-bond donors (Lipinski definition) is 2. The van der Waals surface area contributed by atoms with Crippen LogP contribution in [0, 0.1) is 5.92 Å². The molecule has 0 bridgehead atoms. The second-order valence-electron chi connectivity index (χ2n) is 3.93. The van der Waals surface area contributed by atoms with E-state index in [2.05, 4.69) is 5.32 Å². The monoisotopic (exact) mass is 210 g/mol. The molecule has 0 spiro atoms. The summed E-state index contributed by atoms with van der Waals surface area (Å²) in [7, 11) is 0. The summed E-state index contributed by atoms with van der Waals surface area (Å²) in [6.07, 6.45) is 1.17. The molecule has 1 aliphatic rings. The fourth-order valence-electron chi connectivity index (χ4n) is 1.77. The number of furan rings is 1. The molecular formula is C11H18N2O2. The molecule has 0 amide bonds. The smallest absolute Gasteiger partial charge is 0.118 e. The first-order valence-electron chi connectivity index (χ1n) is 5.44. The Kier molecular flexibility index (Phi) is 3.77. The van der Waals surface area contributed by atoms with Crippen LogP contribution >= 0.6 is 0 Å². The Bertz CT molecular complexity index is 293. The Morgan fingerprint density at radius 2 is 2.27 bits per heavy atom. The van der Waals surface area contributed by atoms with Gasteiger partial charge in [-0.25, -0.2) is 0 Å². The maximum absolute atomic E-state index is 5.48. The van der Waals surface area contributed by atoms with E-state index in [4.69, 9.17) is 14.9 Å². The van der Waals surface area contributed by atoms with E-state index in [-0.39, 0.29) is 0 Å². The van der Waals surface area contributed by atoms with Gasteiger partial charge in [-0.15, -0.1) is 0 Å². The molecule has 4 heteroatoms. The van der Waals surface area contributed by atoms with Crippen molar-refractivity contribution in [1.82, 2.24) is 5.32 Å². The largest absolute Gasteiger partial charge is 0.463 e. The zero-order valence-electron chi connectivity index (χ0n) is 8.87. The van der Waals surface area contributed by atoms with Gasteiger partial charge < -0.3 is 20.2 Å². The molecule has 15 heavy (non-hydrogen) atoms. The van der Waals surface area contributed by atoms with Gasteiger partial charge in [-0.3, -0.25) is 0 Å².